The number of ether oxygens (including phenoxy) is 1. The van der Waals surface area contributed by atoms with Crippen molar-refractivity contribution in [1.29, 1.82) is 0 Å². The Kier molecular flexibility index (Phi) is 6.12. The number of carboxylic acid groups (broad SMARTS) is 1. The third kappa shape index (κ3) is 4.50. The smallest absolute Gasteiger partial charge is 0.336 e. The summed E-state index contributed by atoms with van der Waals surface area (Å²) in [5, 5.41) is 13.7. The summed E-state index contributed by atoms with van der Waals surface area (Å²) in [6, 6.07) is 16.7. The average Bonchev–Trinajstić information content (AvgIpc) is 3.42. The lowest BCUT2D eigenvalue weighted by molar-refractivity contribution is -0.121. The molecule has 0 fully saturated rings. The van der Waals surface area contributed by atoms with Crippen molar-refractivity contribution in [2.75, 3.05) is 6.54 Å². The van der Waals surface area contributed by atoms with Crippen molar-refractivity contribution in [1.82, 2.24) is 19.9 Å². The third-order valence-corrected chi connectivity index (χ3v) is 6.29. The van der Waals surface area contributed by atoms with Gasteiger partial charge in [0.1, 0.15) is 12.3 Å². The number of nitrogens with one attached hydrogen (secondary N) is 2. The molecule has 5 aromatic rings. The number of aromatic amines is 1. The molecule has 9 heteroatoms. The van der Waals surface area contributed by atoms with E-state index in [1.54, 1.807) is 25.1 Å². The number of H-pyrrole nitrogens is 1. The normalized spacial score (nSPS) is 11.2. The lowest BCUT2D eigenvalue weighted by Crippen LogP contribution is -2.26. The molecule has 0 aliphatic carbocycles. The van der Waals surface area contributed by atoms with Crippen LogP contribution in [0.2, 0.25) is 5.02 Å². The van der Waals surface area contributed by atoms with Crippen LogP contribution in [0.3, 0.4) is 0 Å². The van der Waals surface area contributed by atoms with Crippen molar-refractivity contribution in [3.05, 3.63) is 76.9 Å². The molecule has 182 valence electrons. The Morgan fingerprint density at radius 1 is 1.14 bits per heavy atom. The Hall–Kier alpha value is -4.30. The number of aromatic carboxylic acids is 1. The molecule has 0 aliphatic heterocycles. The molecule has 3 aromatic carbocycles. The molecular weight excluding hydrogens is 480 g/mol. The van der Waals surface area contributed by atoms with Crippen LogP contribution >= 0.6 is 11.6 Å². The Morgan fingerprint density at radius 3 is 2.75 bits per heavy atom. The topological polar surface area (TPSA) is 109 Å². The van der Waals surface area contributed by atoms with Crippen LogP contribution in [0.15, 0.2) is 60.8 Å². The van der Waals surface area contributed by atoms with E-state index in [0.717, 1.165) is 22.0 Å². The quantitative estimate of drug-likeness (QED) is 0.261. The van der Waals surface area contributed by atoms with Gasteiger partial charge in [-0.05, 0) is 67.4 Å². The second-order valence-electron chi connectivity index (χ2n) is 8.45. The summed E-state index contributed by atoms with van der Waals surface area (Å²) >= 11 is 6.63. The first-order valence-corrected chi connectivity index (χ1v) is 11.8. The molecule has 1 amide bonds. The second-order valence-corrected chi connectivity index (χ2v) is 8.85. The highest BCUT2D eigenvalue weighted by molar-refractivity contribution is 6.34. The van der Waals surface area contributed by atoms with Crippen LogP contribution < -0.4 is 10.1 Å². The number of aryl methyl sites for hydroxylation is 1. The van der Waals surface area contributed by atoms with Crippen molar-refractivity contribution >= 4 is 45.4 Å². The Balaban J connectivity index is 1.45. The van der Waals surface area contributed by atoms with Gasteiger partial charge in [0.15, 0.2) is 0 Å². The van der Waals surface area contributed by atoms with Crippen LogP contribution in [0.1, 0.15) is 22.8 Å². The third-order valence-electron chi connectivity index (χ3n) is 5.97. The highest BCUT2D eigenvalue weighted by Crippen LogP contribution is 2.34. The molecule has 0 spiro atoms. The summed E-state index contributed by atoms with van der Waals surface area (Å²) in [5.74, 6) is -0.685. The SMILES string of the molecule is CCNC(=O)Cn1ccc2cc(-c3cc4nc(Oc5ccc(C)c(C(=O)O)c5)[nH]c4cc3Cl)ccc21. The summed E-state index contributed by atoms with van der Waals surface area (Å²) in [6.07, 6.45) is 1.90. The molecule has 5 rings (SSSR count). The van der Waals surface area contributed by atoms with Gasteiger partial charge >= 0.3 is 5.97 Å². The standard InChI is InChI=1S/C27H23ClN4O4/c1-3-29-25(33)14-32-9-8-17-10-16(5-7-24(17)32)20-12-22-23(13-21(20)28)31-27(30-22)36-18-6-4-15(2)19(11-18)26(34)35/h4-13H,3,14H2,1-2H3,(H,29,33)(H,30,31)(H,34,35). The highest BCUT2D eigenvalue weighted by Gasteiger charge is 2.14. The Bertz CT molecular complexity index is 1640. The molecule has 0 atom stereocenters. The summed E-state index contributed by atoms with van der Waals surface area (Å²) in [5.41, 5.74) is 4.85. The molecule has 2 heterocycles. The zero-order valence-electron chi connectivity index (χ0n) is 19.6. The summed E-state index contributed by atoms with van der Waals surface area (Å²) in [4.78, 5) is 31.0. The van der Waals surface area contributed by atoms with Gasteiger partial charge in [-0.1, -0.05) is 23.7 Å². The zero-order chi connectivity index (χ0) is 25.4. The number of rotatable bonds is 7. The monoisotopic (exact) mass is 502 g/mol. The highest BCUT2D eigenvalue weighted by atomic mass is 35.5. The molecule has 2 aromatic heterocycles. The maximum absolute atomic E-state index is 12.0. The number of hydrogen-bond donors (Lipinski definition) is 3. The number of amides is 1. The number of fused-ring (bicyclic) bond motifs is 2. The number of aromatic nitrogens is 3. The van der Waals surface area contributed by atoms with Gasteiger partial charge in [-0.2, -0.15) is 4.98 Å². The summed E-state index contributed by atoms with van der Waals surface area (Å²) in [6.45, 7) is 4.48. The zero-order valence-corrected chi connectivity index (χ0v) is 20.4. The molecule has 36 heavy (non-hydrogen) atoms. The van der Waals surface area contributed by atoms with Crippen molar-refractivity contribution in [2.45, 2.75) is 20.4 Å². The molecule has 3 N–H and O–H groups in total. The van der Waals surface area contributed by atoms with Gasteiger partial charge in [-0.25, -0.2) is 4.79 Å². The lowest BCUT2D eigenvalue weighted by Gasteiger charge is -2.08. The number of hydrogen-bond acceptors (Lipinski definition) is 4. The number of halogens is 1. The minimum atomic E-state index is -1.02. The van der Waals surface area contributed by atoms with Crippen LogP contribution in [0.25, 0.3) is 33.1 Å². The first-order valence-electron chi connectivity index (χ1n) is 11.4. The van der Waals surface area contributed by atoms with Gasteiger partial charge in [-0.3, -0.25) is 4.79 Å². The van der Waals surface area contributed by atoms with Crippen molar-refractivity contribution in [3.63, 3.8) is 0 Å². The van der Waals surface area contributed by atoms with Crippen LogP contribution in [0, 0.1) is 6.92 Å². The lowest BCUT2D eigenvalue weighted by atomic mass is 10.0. The van der Waals surface area contributed by atoms with E-state index in [1.165, 1.54) is 6.07 Å². The van der Waals surface area contributed by atoms with Gasteiger partial charge in [-0.15, -0.1) is 0 Å². The van der Waals surface area contributed by atoms with Crippen LogP contribution in [0.4, 0.5) is 0 Å². The number of nitrogens with zero attached hydrogens (tertiary/aromatic N) is 2. The molecule has 0 radical (unpaired) electrons. The van der Waals surface area contributed by atoms with Crippen LogP contribution in [-0.4, -0.2) is 38.1 Å². The fraction of sp³-hybridized carbons (Fsp3) is 0.148. The number of carbonyl (C=O) groups is 2. The van der Waals surface area contributed by atoms with Crippen LogP contribution in [0.5, 0.6) is 11.8 Å². The number of carboxylic acids is 1. The van der Waals surface area contributed by atoms with Gasteiger partial charge in [0, 0.05) is 29.2 Å². The Labute approximate surface area is 211 Å². The fourth-order valence-electron chi connectivity index (χ4n) is 4.20. The van der Waals surface area contributed by atoms with Crippen molar-refractivity contribution in [3.8, 4) is 22.9 Å². The van der Waals surface area contributed by atoms with Crippen molar-refractivity contribution in [2.24, 2.45) is 0 Å². The minimum absolute atomic E-state index is 0.0334. The largest absolute Gasteiger partial charge is 0.478 e. The fourth-order valence-corrected chi connectivity index (χ4v) is 4.47. The van der Waals surface area contributed by atoms with E-state index < -0.39 is 5.97 Å². The van der Waals surface area contributed by atoms with E-state index >= 15 is 0 Å². The summed E-state index contributed by atoms with van der Waals surface area (Å²) in [7, 11) is 0. The second kappa shape index (κ2) is 9.39. The maximum atomic E-state index is 12.0. The van der Waals surface area contributed by atoms with Gasteiger partial charge < -0.3 is 24.7 Å². The average molecular weight is 503 g/mol. The van der Waals surface area contributed by atoms with E-state index in [-0.39, 0.29) is 24.0 Å². The maximum Gasteiger partial charge on any atom is 0.336 e. The van der Waals surface area contributed by atoms with E-state index in [9.17, 15) is 14.7 Å². The van der Waals surface area contributed by atoms with Gasteiger partial charge in [0.2, 0.25) is 5.91 Å². The van der Waals surface area contributed by atoms with Gasteiger partial charge in [0.05, 0.1) is 21.6 Å². The number of imidazole rings is 1. The number of carbonyl (C=O) groups excluding carboxylic acids is 1. The Morgan fingerprint density at radius 2 is 1.97 bits per heavy atom. The molecule has 0 saturated heterocycles. The first kappa shape index (κ1) is 23.4. The van der Waals surface area contributed by atoms with E-state index in [0.29, 0.717) is 33.9 Å². The predicted octanol–water partition coefficient (Wildman–Crippen LogP) is 5.77. The predicted molar refractivity (Wildman–Crippen MR) is 139 cm³/mol. The van der Waals surface area contributed by atoms with E-state index in [2.05, 4.69) is 15.3 Å². The minimum Gasteiger partial charge on any atom is -0.478 e. The molecule has 0 unspecified atom stereocenters. The van der Waals surface area contributed by atoms with Gasteiger partial charge in [0.25, 0.3) is 6.01 Å². The molecular formula is C27H23ClN4O4. The molecule has 0 bridgehead atoms. The molecule has 0 aliphatic rings. The first-order chi connectivity index (χ1) is 17.3. The molecule has 0 saturated carbocycles. The number of benzene rings is 3. The van der Waals surface area contributed by atoms with E-state index in [4.69, 9.17) is 16.3 Å². The van der Waals surface area contributed by atoms with Crippen molar-refractivity contribution < 1.29 is 19.4 Å². The molecule has 8 nitrogen and oxygen atoms in total. The van der Waals surface area contributed by atoms with E-state index in [1.807, 2.05) is 48.0 Å². The van der Waals surface area contributed by atoms with Crippen LogP contribution in [-0.2, 0) is 11.3 Å². The number of likely N-dealkylation sites (N-methyl/N-ethyl adjacent to an activating group) is 1. The summed E-state index contributed by atoms with van der Waals surface area (Å²) < 4.78 is 7.71.